The lowest BCUT2D eigenvalue weighted by Crippen LogP contribution is -2.61. The van der Waals surface area contributed by atoms with Gasteiger partial charge in [0.2, 0.25) is 6.29 Å². The zero-order chi connectivity index (χ0) is 38.2. The molecule has 1 aromatic carbocycles. The lowest BCUT2D eigenvalue weighted by molar-refractivity contribution is -0.277. The third-order valence-electron chi connectivity index (χ3n) is 13.2. The van der Waals surface area contributed by atoms with Crippen molar-refractivity contribution in [3.8, 4) is 0 Å². The first-order chi connectivity index (χ1) is 23.9. The Hall–Kier alpha value is -0.716. The molecule has 10 nitrogen and oxygen atoms in total. The van der Waals surface area contributed by atoms with Crippen LogP contribution in [0.5, 0.6) is 0 Å². The third kappa shape index (κ3) is 8.65. The van der Waals surface area contributed by atoms with E-state index in [4.69, 9.17) is 36.7 Å². The summed E-state index contributed by atoms with van der Waals surface area (Å²) in [6, 6.07) is 6.64. The lowest BCUT2D eigenvalue weighted by Gasteiger charge is -2.52. The molecule has 0 amide bonds. The summed E-state index contributed by atoms with van der Waals surface area (Å²) in [5.41, 5.74) is 0.381. The maximum Gasteiger partial charge on any atom is 0.299 e. The van der Waals surface area contributed by atoms with Crippen LogP contribution >= 0.6 is 0 Å². The van der Waals surface area contributed by atoms with Gasteiger partial charge in [-0.25, -0.2) is 4.18 Å². The molecule has 0 aromatic heterocycles. The van der Waals surface area contributed by atoms with Crippen LogP contribution in [0, 0.1) is 6.92 Å². The largest absolute Gasteiger partial charge is 0.411 e. The van der Waals surface area contributed by atoms with Gasteiger partial charge in [0, 0.05) is 25.7 Å². The molecular weight excluding hydrogens is 717 g/mol. The van der Waals surface area contributed by atoms with Gasteiger partial charge in [-0.3, -0.25) is 0 Å². The lowest BCUT2D eigenvalue weighted by atomic mass is 9.83. The number of hydrogen-bond donors (Lipinski definition) is 0. The van der Waals surface area contributed by atoms with E-state index in [1.54, 1.807) is 24.3 Å². The maximum atomic E-state index is 13.0. The molecule has 0 N–H and O–H groups in total. The van der Waals surface area contributed by atoms with Crippen LogP contribution in [0.4, 0.5) is 0 Å². The monoisotopic (exact) mass is 782 g/mol. The van der Waals surface area contributed by atoms with E-state index in [2.05, 4.69) is 81.6 Å². The summed E-state index contributed by atoms with van der Waals surface area (Å²) in [5.74, 6) is 0. The van der Waals surface area contributed by atoms with Gasteiger partial charge in [0.1, 0.15) is 6.10 Å². The van der Waals surface area contributed by atoms with Crippen molar-refractivity contribution in [3.63, 3.8) is 0 Å². The number of rotatable bonds is 9. The molecule has 5 fully saturated rings. The Kier molecular flexibility index (Phi) is 11.3. The molecule has 0 unspecified atom stereocenters. The number of benzene rings is 1. The van der Waals surface area contributed by atoms with Crippen LogP contribution in [0.1, 0.15) is 99.5 Å². The predicted octanol–water partition coefficient (Wildman–Crippen LogP) is 8.03. The first-order valence-electron chi connectivity index (χ1n) is 19.5. The minimum absolute atomic E-state index is 0.00662. The second-order valence-electron chi connectivity index (χ2n) is 19.5. The fraction of sp³-hybridized carbons (Fsp3) is 0.846. The van der Waals surface area contributed by atoms with E-state index in [0.717, 1.165) is 31.2 Å². The second-order valence-corrected chi connectivity index (χ2v) is 30.5. The first kappa shape index (κ1) is 40.9. The van der Waals surface area contributed by atoms with E-state index < -0.39 is 44.7 Å². The van der Waals surface area contributed by atoms with Gasteiger partial charge in [-0.15, -0.1) is 0 Å². The van der Waals surface area contributed by atoms with E-state index in [1.165, 1.54) is 0 Å². The van der Waals surface area contributed by atoms with Crippen LogP contribution in [0.3, 0.4) is 0 Å². The van der Waals surface area contributed by atoms with Crippen molar-refractivity contribution in [2.75, 3.05) is 0 Å². The van der Waals surface area contributed by atoms with Crippen molar-refractivity contribution in [2.24, 2.45) is 0 Å². The molecule has 0 aliphatic carbocycles. The second kappa shape index (κ2) is 14.3. The molecule has 5 saturated heterocycles. The molecule has 6 rings (SSSR count). The Bertz CT molecular complexity index is 1520. The number of fused-ring (bicyclic) bond motifs is 3. The van der Waals surface area contributed by atoms with Crippen LogP contribution in [0.15, 0.2) is 29.2 Å². The number of hydrogen-bond acceptors (Lipinski definition) is 10. The molecule has 0 saturated carbocycles. The summed E-state index contributed by atoms with van der Waals surface area (Å²) in [4.78, 5) is 0.119. The summed E-state index contributed by atoms with van der Waals surface area (Å²) >= 11 is 0. The summed E-state index contributed by atoms with van der Waals surface area (Å²) in [5, 5.41) is 0.105. The van der Waals surface area contributed by atoms with Gasteiger partial charge in [-0.2, -0.15) is 8.42 Å². The predicted molar refractivity (Wildman–Crippen MR) is 205 cm³/mol. The van der Waals surface area contributed by atoms with Gasteiger partial charge in [-0.05, 0) is 82.0 Å². The van der Waals surface area contributed by atoms with E-state index in [0.29, 0.717) is 12.8 Å². The average molecular weight is 783 g/mol. The van der Waals surface area contributed by atoms with Crippen LogP contribution in [-0.2, 0) is 46.8 Å². The molecule has 13 heteroatoms. The number of aryl methyl sites for hydroxylation is 1. The van der Waals surface area contributed by atoms with E-state index in [9.17, 15) is 8.42 Å². The van der Waals surface area contributed by atoms with E-state index in [1.807, 2.05) is 6.92 Å². The quantitative estimate of drug-likeness (QED) is 0.139. The molecule has 5 aliphatic rings. The molecule has 0 bridgehead atoms. The highest BCUT2D eigenvalue weighted by Crippen LogP contribution is 2.49. The van der Waals surface area contributed by atoms with Crippen molar-refractivity contribution in [1.29, 1.82) is 0 Å². The molecule has 1 aromatic rings. The molecular formula is C39H66O10SSi2. The van der Waals surface area contributed by atoms with Crippen LogP contribution in [-0.4, -0.2) is 98.0 Å². The zero-order valence-electron chi connectivity index (χ0n) is 33.9. The highest BCUT2D eigenvalue weighted by Gasteiger charge is 2.57. The summed E-state index contributed by atoms with van der Waals surface area (Å²) in [7, 11) is -8.18. The van der Waals surface area contributed by atoms with Crippen LogP contribution in [0.25, 0.3) is 0 Å². The van der Waals surface area contributed by atoms with Crippen molar-refractivity contribution < 1.29 is 45.1 Å². The molecule has 296 valence electrons. The first-order valence-corrected chi connectivity index (χ1v) is 26.8. The standard InChI is InChI=1S/C39H66O10SSi2/c1-24-14-16-26(17-15-24)50(40,41)47-36-33(45-36)22-31-34(49-52(12,13)38(6,7)8)23-39(9)35(44-31)19-18-27-32(46-39)21-29-30(43-27)20-28(25(2)42-29)48-51(10,11)37(3,4)5/h14-17,25,27-36H,18-23H2,1-13H3/t25-,27+,28+,29+,30-,31+,32-,33-,34-,35-,36+,39+/m1/s1. The third-order valence-corrected chi connectivity index (χ3v) is 23.5. The normalized spacial score (nSPS) is 38.8. The average Bonchev–Trinajstić information content (AvgIpc) is 3.75. The fourth-order valence-electron chi connectivity index (χ4n) is 7.78. The van der Waals surface area contributed by atoms with Crippen molar-refractivity contribution >= 4 is 26.8 Å². The number of ether oxygens (including phenoxy) is 5. The van der Waals surface area contributed by atoms with Gasteiger partial charge < -0.3 is 32.5 Å². The summed E-state index contributed by atoms with van der Waals surface area (Å²) in [6.07, 6.45) is 2.04. The van der Waals surface area contributed by atoms with Gasteiger partial charge in [0.15, 0.2) is 16.6 Å². The van der Waals surface area contributed by atoms with Crippen LogP contribution in [0.2, 0.25) is 36.3 Å². The van der Waals surface area contributed by atoms with Gasteiger partial charge in [-0.1, -0.05) is 59.2 Å². The highest BCUT2D eigenvalue weighted by atomic mass is 32.2. The Morgan fingerprint density at radius 1 is 0.769 bits per heavy atom. The smallest absolute Gasteiger partial charge is 0.299 e. The Morgan fingerprint density at radius 3 is 1.98 bits per heavy atom. The summed E-state index contributed by atoms with van der Waals surface area (Å²) < 4.78 is 79.1. The highest BCUT2D eigenvalue weighted by molar-refractivity contribution is 7.86. The minimum Gasteiger partial charge on any atom is -0.411 e. The molecule has 5 aliphatic heterocycles. The molecule has 5 heterocycles. The van der Waals surface area contributed by atoms with Crippen molar-refractivity contribution in [3.05, 3.63) is 29.8 Å². The minimum atomic E-state index is -3.97. The maximum absolute atomic E-state index is 13.0. The molecule has 0 spiro atoms. The molecule has 52 heavy (non-hydrogen) atoms. The van der Waals surface area contributed by atoms with E-state index >= 15 is 0 Å². The van der Waals surface area contributed by atoms with Gasteiger partial charge in [0.05, 0.1) is 65.4 Å². The van der Waals surface area contributed by atoms with Crippen LogP contribution < -0.4 is 0 Å². The van der Waals surface area contributed by atoms with Gasteiger partial charge in [0.25, 0.3) is 10.1 Å². The van der Waals surface area contributed by atoms with Crippen molar-refractivity contribution in [2.45, 2.75) is 215 Å². The molecule has 0 radical (unpaired) electrons. The van der Waals surface area contributed by atoms with Gasteiger partial charge >= 0.3 is 0 Å². The zero-order valence-corrected chi connectivity index (χ0v) is 36.7. The Balaban J connectivity index is 1.15. The SMILES string of the molecule is Cc1ccc(S(=O)(=O)O[C@@H]2O[C@@H]2C[C@@H]2O[C@@H]3CC[C@@H]4O[C@@H]5C[C@H](O[Si](C)(C)C(C)(C)C)[C@@H](C)O[C@H]5C[C@H]4O[C@@]3(C)C[C@H]2O[Si](C)(C)C(C)(C)C)cc1. The van der Waals surface area contributed by atoms with Crippen molar-refractivity contribution in [1.82, 2.24) is 0 Å². The fourth-order valence-corrected chi connectivity index (χ4v) is 11.5. The molecule has 12 atom stereocenters. The Morgan fingerprint density at radius 2 is 1.37 bits per heavy atom. The number of epoxide rings is 1. The summed E-state index contributed by atoms with van der Waals surface area (Å²) in [6.45, 7) is 28.9. The Labute approximate surface area is 315 Å². The van der Waals surface area contributed by atoms with E-state index in [-0.39, 0.29) is 69.9 Å². The topological polar surface area (TPSA) is 111 Å².